The van der Waals surface area contributed by atoms with E-state index in [4.69, 9.17) is 4.74 Å². The summed E-state index contributed by atoms with van der Waals surface area (Å²) >= 11 is 0. The second-order valence-electron chi connectivity index (χ2n) is 6.58. The lowest BCUT2D eigenvalue weighted by Crippen LogP contribution is -2.35. The molecule has 0 aromatic heterocycles. The van der Waals surface area contributed by atoms with Crippen molar-refractivity contribution in [3.8, 4) is 5.75 Å². The number of hydrogen-bond donors (Lipinski definition) is 0. The molecule has 2 nitrogen and oxygen atoms in total. The van der Waals surface area contributed by atoms with Gasteiger partial charge in [-0.2, -0.15) is 0 Å². The van der Waals surface area contributed by atoms with Gasteiger partial charge < -0.3 is 4.74 Å². The average Bonchev–Trinajstić information content (AvgIpc) is 2.47. The second-order valence-corrected chi connectivity index (χ2v) is 6.58. The van der Waals surface area contributed by atoms with Gasteiger partial charge in [0.2, 0.25) is 0 Å². The fraction of sp³-hybridized carbons (Fsp3) is 0.667. The Morgan fingerprint density at radius 2 is 1.90 bits per heavy atom. The van der Waals surface area contributed by atoms with Crippen LogP contribution in [0, 0.1) is 11.8 Å². The molecule has 112 valence electrons. The summed E-state index contributed by atoms with van der Waals surface area (Å²) in [5.74, 6) is 2.75. The maximum atomic E-state index is 5.30. The molecule has 0 radical (unpaired) electrons. The predicted octanol–water partition coefficient (Wildman–Crippen LogP) is 4.34. The highest BCUT2D eigenvalue weighted by molar-refractivity contribution is 5.28. The Hall–Kier alpha value is -1.02. The zero-order valence-electron chi connectivity index (χ0n) is 13.4. The van der Waals surface area contributed by atoms with Gasteiger partial charge in [-0.25, -0.2) is 0 Å². The van der Waals surface area contributed by atoms with E-state index in [1.807, 2.05) is 6.07 Å². The highest BCUT2D eigenvalue weighted by Crippen LogP contribution is 2.32. The summed E-state index contributed by atoms with van der Waals surface area (Å²) in [5.41, 5.74) is 1.35. The van der Waals surface area contributed by atoms with Crippen molar-refractivity contribution in [1.82, 2.24) is 4.90 Å². The molecule has 0 heterocycles. The second kappa shape index (κ2) is 7.12. The summed E-state index contributed by atoms with van der Waals surface area (Å²) in [4.78, 5) is 2.52. The summed E-state index contributed by atoms with van der Waals surface area (Å²) in [6.07, 6.45) is 5.49. The summed E-state index contributed by atoms with van der Waals surface area (Å²) < 4.78 is 5.30. The van der Waals surface area contributed by atoms with Gasteiger partial charge in [0.1, 0.15) is 5.75 Å². The normalized spacial score (nSPS) is 23.3. The third-order valence-corrected chi connectivity index (χ3v) is 4.87. The Labute approximate surface area is 124 Å². The van der Waals surface area contributed by atoms with Crippen molar-refractivity contribution in [3.05, 3.63) is 29.8 Å². The van der Waals surface area contributed by atoms with E-state index in [0.717, 1.165) is 30.2 Å². The van der Waals surface area contributed by atoms with Crippen LogP contribution >= 0.6 is 0 Å². The summed E-state index contributed by atoms with van der Waals surface area (Å²) in [6.45, 7) is 5.75. The minimum atomic E-state index is 0.746. The van der Waals surface area contributed by atoms with Gasteiger partial charge in [0.05, 0.1) is 7.11 Å². The van der Waals surface area contributed by atoms with Crippen LogP contribution in [-0.2, 0) is 6.54 Å². The Bertz CT molecular complexity index is 408. The van der Waals surface area contributed by atoms with Crippen LogP contribution in [0.4, 0.5) is 0 Å². The Morgan fingerprint density at radius 3 is 2.50 bits per heavy atom. The van der Waals surface area contributed by atoms with Crippen molar-refractivity contribution < 1.29 is 4.74 Å². The first-order chi connectivity index (χ1) is 9.60. The van der Waals surface area contributed by atoms with Gasteiger partial charge in [-0.3, -0.25) is 4.90 Å². The number of methoxy groups -OCH3 is 1. The van der Waals surface area contributed by atoms with Crippen LogP contribution in [0.15, 0.2) is 24.3 Å². The van der Waals surface area contributed by atoms with E-state index in [1.54, 1.807) is 7.11 Å². The highest BCUT2D eigenvalue weighted by Gasteiger charge is 2.25. The topological polar surface area (TPSA) is 12.5 Å². The van der Waals surface area contributed by atoms with Crippen LogP contribution in [0.3, 0.4) is 0 Å². The zero-order chi connectivity index (χ0) is 14.5. The molecule has 0 atom stereocenters. The lowest BCUT2D eigenvalue weighted by Gasteiger charge is -2.36. The van der Waals surface area contributed by atoms with Gasteiger partial charge in [-0.15, -0.1) is 0 Å². The van der Waals surface area contributed by atoms with Crippen molar-refractivity contribution in [3.63, 3.8) is 0 Å². The van der Waals surface area contributed by atoms with Crippen molar-refractivity contribution in [1.29, 1.82) is 0 Å². The lowest BCUT2D eigenvalue weighted by atomic mass is 9.79. The van der Waals surface area contributed by atoms with E-state index in [-0.39, 0.29) is 0 Å². The smallest absolute Gasteiger partial charge is 0.119 e. The third-order valence-electron chi connectivity index (χ3n) is 4.87. The summed E-state index contributed by atoms with van der Waals surface area (Å²) in [7, 11) is 4.00. The van der Waals surface area contributed by atoms with Gasteiger partial charge in [0.25, 0.3) is 0 Å². The SMILES string of the molecule is COc1cccc(CN(C)C2CCC(C(C)C)CC2)c1. The molecule has 2 heteroatoms. The molecular weight excluding hydrogens is 246 g/mol. The van der Waals surface area contributed by atoms with Crippen molar-refractivity contribution in [2.24, 2.45) is 11.8 Å². The van der Waals surface area contributed by atoms with E-state index >= 15 is 0 Å². The molecule has 1 saturated carbocycles. The van der Waals surface area contributed by atoms with Gasteiger partial charge in [0, 0.05) is 12.6 Å². The molecule has 0 bridgehead atoms. The molecule has 0 aliphatic heterocycles. The maximum Gasteiger partial charge on any atom is 0.119 e. The van der Waals surface area contributed by atoms with Gasteiger partial charge in [-0.05, 0) is 62.3 Å². The zero-order valence-corrected chi connectivity index (χ0v) is 13.4. The maximum absolute atomic E-state index is 5.30. The molecule has 20 heavy (non-hydrogen) atoms. The predicted molar refractivity (Wildman–Crippen MR) is 85.0 cm³/mol. The first-order valence-electron chi connectivity index (χ1n) is 7.93. The van der Waals surface area contributed by atoms with E-state index < -0.39 is 0 Å². The molecular formula is C18H29NO. The largest absolute Gasteiger partial charge is 0.497 e. The third kappa shape index (κ3) is 3.99. The molecule has 2 rings (SSSR count). The number of benzene rings is 1. The van der Waals surface area contributed by atoms with Crippen LogP contribution in [0.25, 0.3) is 0 Å². The van der Waals surface area contributed by atoms with Crippen molar-refractivity contribution in [2.45, 2.75) is 52.1 Å². The Balaban J connectivity index is 1.87. The van der Waals surface area contributed by atoms with E-state index in [9.17, 15) is 0 Å². The van der Waals surface area contributed by atoms with E-state index in [2.05, 4.69) is 44.0 Å². The van der Waals surface area contributed by atoms with Crippen LogP contribution in [0.1, 0.15) is 45.1 Å². The number of nitrogens with zero attached hydrogens (tertiary/aromatic N) is 1. The molecule has 0 saturated heterocycles. The minimum Gasteiger partial charge on any atom is -0.497 e. The average molecular weight is 275 g/mol. The van der Waals surface area contributed by atoms with Crippen LogP contribution in [-0.4, -0.2) is 25.1 Å². The van der Waals surface area contributed by atoms with Crippen molar-refractivity contribution >= 4 is 0 Å². The molecule has 0 unspecified atom stereocenters. The van der Waals surface area contributed by atoms with E-state index in [1.165, 1.54) is 31.2 Å². The quantitative estimate of drug-likeness (QED) is 0.792. The van der Waals surface area contributed by atoms with Crippen LogP contribution in [0.2, 0.25) is 0 Å². The fourth-order valence-electron chi connectivity index (χ4n) is 3.40. The van der Waals surface area contributed by atoms with Crippen LogP contribution in [0.5, 0.6) is 5.75 Å². The number of hydrogen-bond acceptors (Lipinski definition) is 2. The molecule has 1 fully saturated rings. The molecule has 0 amide bonds. The molecule has 0 spiro atoms. The standard InChI is InChI=1S/C18H29NO/c1-14(2)16-8-10-17(11-9-16)19(3)13-15-6-5-7-18(12-15)20-4/h5-7,12,14,16-17H,8-11,13H2,1-4H3. The van der Waals surface area contributed by atoms with Gasteiger partial charge >= 0.3 is 0 Å². The van der Waals surface area contributed by atoms with Crippen LogP contribution < -0.4 is 4.74 Å². The lowest BCUT2D eigenvalue weighted by molar-refractivity contribution is 0.142. The Kier molecular flexibility index (Phi) is 5.47. The monoisotopic (exact) mass is 275 g/mol. The van der Waals surface area contributed by atoms with Gasteiger partial charge in [0.15, 0.2) is 0 Å². The van der Waals surface area contributed by atoms with Crippen molar-refractivity contribution in [2.75, 3.05) is 14.2 Å². The highest BCUT2D eigenvalue weighted by atomic mass is 16.5. The first kappa shape index (κ1) is 15.4. The number of rotatable bonds is 5. The minimum absolute atomic E-state index is 0.746. The number of ether oxygens (including phenoxy) is 1. The fourth-order valence-corrected chi connectivity index (χ4v) is 3.40. The molecule has 1 aromatic rings. The first-order valence-corrected chi connectivity index (χ1v) is 7.93. The molecule has 1 aromatic carbocycles. The summed E-state index contributed by atoms with van der Waals surface area (Å²) in [5, 5.41) is 0. The summed E-state index contributed by atoms with van der Waals surface area (Å²) in [6, 6.07) is 9.18. The van der Waals surface area contributed by atoms with E-state index in [0.29, 0.717) is 0 Å². The molecule has 1 aliphatic rings. The molecule has 0 N–H and O–H groups in total. The Morgan fingerprint density at radius 1 is 1.20 bits per heavy atom. The van der Waals surface area contributed by atoms with Gasteiger partial charge in [-0.1, -0.05) is 26.0 Å². The molecule has 1 aliphatic carbocycles.